The van der Waals surface area contributed by atoms with E-state index in [9.17, 15) is 22.8 Å². The SMILES string of the molecule is Cc1ccc(C(F)(F)F)cc1NC(=O)NCCNC(=O)C(C)C. The van der Waals surface area contributed by atoms with Gasteiger partial charge in [-0.3, -0.25) is 4.79 Å². The van der Waals surface area contributed by atoms with E-state index in [1.807, 2.05) is 0 Å². The zero-order valence-corrected chi connectivity index (χ0v) is 13.2. The highest BCUT2D eigenvalue weighted by Gasteiger charge is 2.30. The van der Waals surface area contributed by atoms with Crippen LogP contribution < -0.4 is 16.0 Å². The molecule has 0 aliphatic rings. The number of alkyl halides is 3. The maximum Gasteiger partial charge on any atom is 0.416 e. The van der Waals surface area contributed by atoms with Gasteiger partial charge in [0.1, 0.15) is 0 Å². The van der Waals surface area contributed by atoms with E-state index in [1.54, 1.807) is 20.8 Å². The van der Waals surface area contributed by atoms with Crippen LogP contribution in [0.3, 0.4) is 0 Å². The highest BCUT2D eigenvalue weighted by atomic mass is 19.4. The lowest BCUT2D eigenvalue weighted by molar-refractivity contribution is -0.137. The van der Waals surface area contributed by atoms with E-state index >= 15 is 0 Å². The summed E-state index contributed by atoms with van der Waals surface area (Å²) >= 11 is 0. The lowest BCUT2D eigenvalue weighted by Gasteiger charge is -2.13. The number of halogens is 3. The lowest BCUT2D eigenvalue weighted by atomic mass is 10.1. The second kappa shape index (κ2) is 7.85. The Morgan fingerprint density at radius 3 is 2.30 bits per heavy atom. The van der Waals surface area contributed by atoms with Gasteiger partial charge in [0.2, 0.25) is 5.91 Å². The average Bonchev–Trinajstić information content (AvgIpc) is 2.44. The first-order valence-electron chi connectivity index (χ1n) is 7.11. The smallest absolute Gasteiger partial charge is 0.354 e. The number of rotatable bonds is 5. The van der Waals surface area contributed by atoms with Crippen LogP contribution in [0.25, 0.3) is 0 Å². The summed E-state index contributed by atoms with van der Waals surface area (Å²) in [5.74, 6) is -0.294. The number of hydrogen-bond donors (Lipinski definition) is 3. The van der Waals surface area contributed by atoms with Crippen molar-refractivity contribution in [3.63, 3.8) is 0 Å². The number of hydrogen-bond acceptors (Lipinski definition) is 2. The molecule has 0 bridgehead atoms. The van der Waals surface area contributed by atoms with Crippen LogP contribution in [0.2, 0.25) is 0 Å². The molecule has 128 valence electrons. The molecule has 1 rings (SSSR count). The van der Waals surface area contributed by atoms with Gasteiger partial charge in [-0.15, -0.1) is 0 Å². The molecule has 5 nitrogen and oxygen atoms in total. The summed E-state index contributed by atoms with van der Waals surface area (Å²) in [5.41, 5.74) is -0.229. The Kier molecular flexibility index (Phi) is 6.41. The molecule has 0 spiro atoms. The van der Waals surface area contributed by atoms with Gasteiger partial charge in [-0.1, -0.05) is 19.9 Å². The fourth-order valence-electron chi connectivity index (χ4n) is 1.67. The molecule has 0 heterocycles. The van der Waals surface area contributed by atoms with Gasteiger partial charge in [-0.25, -0.2) is 4.79 Å². The molecule has 0 fully saturated rings. The molecular formula is C15H20F3N3O2. The molecule has 1 aromatic rings. The average molecular weight is 331 g/mol. The van der Waals surface area contributed by atoms with Crippen LogP contribution >= 0.6 is 0 Å². The van der Waals surface area contributed by atoms with E-state index in [0.29, 0.717) is 5.56 Å². The minimum Gasteiger partial charge on any atom is -0.354 e. The molecule has 0 aromatic heterocycles. The molecule has 0 atom stereocenters. The van der Waals surface area contributed by atoms with Gasteiger partial charge in [0, 0.05) is 24.7 Å². The van der Waals surface area contributed by atoms with E-state index in [-0.39, 0.29) is 30.6 Å². The number of carbonyl (C=O) groups is 2. The van der Waals surface area contributed by atoms with E-state index in [1.165, 1.54) is 6.07 Å². The largest absolute Gasteiger partial charge is 0.416 e. The van der Waals surface area contributed by atoms with Crippen LogP contribution in [0, 0.1) is 12.8 Å². The zero-order valence-electron chi connectivity index (χ0n) is 13.2. The van der Waals surface area contributed by atoms with Crippen LogP contribution in [0.5, 0.6) is 0 Å². The highest BCUT2D eigenvalue weighted by Crippen LogP contribution is 2.31. The number of anilines is 1. The van der Waals surface area contributed by atoms with Crippen molar-refractivity contribution in [3.05, 3.63) is 29.3 Å². The molecule has 0 aliphatic carbocycles. The molecule has 3 amide bonds. The van der Waals surface area contributed by atoms with Gasteiger partial charge >= 0.3 is 12.2 Å². The summed E-state index contributed by atoms with van der Waals surface area (Å²) < 4.78 is 38.0. The third kappa shape index (κ3) is 6.17. The Morgan fingerprint density at radius 1 is 1.13 bits per heavy atom. The second-order valence-corrected chi connectivity index (χ2v) is 5.35. The molecule has 3 N–H and O–H groups in total. The van der Waals surface area contributed by atoms with Gasteiger partial charge in [0.15, 0.2) is 0 Å². The van der Waals surface area contributed by atoms with Crippen LogP contribution in [0.15, 0.2) is 18.2 Å². The Morgan fingerprint density at radius 2 is 1.74 bits per heavy atom. The zero-order chi connectivity index (χ0) is 17.6. The quantitative estimate of drug-likeness (QED) is 0.726. The number of aryl methyl sites for hydroxylation is 1. The summed E-state index contributed by atoms with van der Waals surface area (Å²) in [6.07, 6.45) is -4.47. The lowest BCUT2D eigenvalue weighted by Crippen LogP contribution is -2.38. The van der Waals surface area contributed by atoms with Crippen molar-refractivity contribution in [3.8, 4) is 0 Å². The van der Waals surface area contributed by atoms with Crippen molar-refractivity contribution in [2.24, 2.45) is 5.92 Å². The summed E-state index contributed by atoms with van der Waals surface area (Å²) in [7, 11) is 0. The molecule has 0 aliphatic heterocycles. The first-order chi connectivity index (χ1) is 10.6. The van der Waals surface area contributed by atoms with Crippen molar-refractivity contribution >= 4 is 17.6 Å². The topological polar surface area (TPSA) is 70.2 Å². The maximum atomic E-state index is 12.7. The maximum absolute atomic E-state index is 12.7. The normalized spacial score (nSPS) is 11.3. The Balaban J connectivity index is 2.53. The molecule has 0 radical (unpaired) electrons. The summed E-state index contributed by atoms with van der Waals surface area (Å²) in [5, 5.41) is 7.45. The molecule has 8 heteroatoms. The number of benzene rings is 1. The van der Waals surface area contributed by atoms with Gasteiger partial charge < -0.3 is 16.0 Å². The van der Waals surface area contributed by atoms with Crippen LogP contribution in [0.1, 0.15) is 25.0 Å². The Labute approximate surface area is 132 Å². The minimum absolute atomic E-state index is 0.0866. The van der Waals surface area contributed by atoms with Crippen molar-refractivity contribution in [1.82, 2.24) is 10.6 Å². The summed E-state index contributed by atoms with van der Waals surface area (Å²) in [6.45, 7) is 5.49. The predicted molar refractivity (Wildman–Crippen MR) is 81.1 cm³/mol. The standard InChI is InChI=1S/C15H20F3N3O2/c1-9(2)13(22)19-6-7-20-14(23)21-12-8-11(15(16,17)18)5-4-10(12)3/h4-5,8-9H,6-7H2,1-3H3,(H,19,22)(H2,20,21,23). The van der Waals surface area contributed by atoms with Crippen LogP contribution in [-0.2, 0) is 11.0 Å². The van der Waals surface area contributed by atoms with Crippen molar-refractivity contribution in [1.29, 1.82) is 0 Å². The van der Waals surface area contributed by atoms with E-state index in [2.05, 4.69) is 16.0 Å². The first-order valence-corrected chi connectivity index (χ1v) is 7.11. The third-order valence-electron chi connectivity index (χ3n) is 3.05. The Hall–Kier alpha value is -2.25. The van der Waals surface area contributed by atoms with E-state index < -0.39 is 17.8 Å². The highest BCUT2D eigenvalue weighted by molar-refractivity contribution is 5.90. The van der Waals surface area contributed by atoms with Crippen molar-refractivity contribution in [2.75, 3.05) is 18.4 Å². The molecular weight excluding hydrogens is 311 g/mol. The van der Waals surface area contributed by atoms with Crippen LogP contribution in [0.4, 0.5) is 23.7 Å². The van der Waals surface area contributed by atoms with Gasteiger partial charge in [0.05, 0.1) is 5.56 Å². The second-order valence-electron chi connectivity index (χ2n) is 5.35. The molecule has 23 heavy (non-hydrogen) atoms. The minimum atomic E-state index is -4.47. The number of amides is 3. The van der Waals surface area contributed by atoms with Gasteiger partial charge in [0.25, 0.3) is 0 Å². The van der Waals surface area contributed by atoms with Gasteiger partial charge in [-0.2, -0.15) is 13.2 Å². The number of carbonyl (C=O) groups excluding carboxylic acids is 2. The first kappa shape index (κ1) is 18.8. The fourth-order valence-corrected chi connectivity index (χ4v) is 1.67. The third-order valence-corrected chi connectivity index (χ3v) is 3.05. The van der Waals surface area contributed by atoms with Crippen molar-refractivity contribution in [2.45, 2.75) is 26.9 Å². The number of urea groups is 1. The Bertz CT molecular complexity index is 572. The van der Waals surface area contributed by atoms with E-state index in [0.717, 1.165) is 12.1 Å². The molecule has 0 saturated heterocycles. The monoisotopic (exact) mass is 331 g/mol. The molecule has 0 saturated carbocycles. The van der Waals surface area contributed by atoms with Crippen molar-refractivity contribution < 1.29 is 22.8 Å². The summed E-state index contributed by atoms with van der Waals surface area (Å²) in [6, 6.07) is 2.50. The van der Waals surface area contributed by atoms with Crippen LogP contribution in [-0.4, -0.2) is 25.0 Å². The fraction of sp³-hybridized carbons (Fsp3) is 0.467. The predicted octanol–water partition coefficient (Wildman–Crippen LogP) is 2.91. The summed E-state index contributed by atoms with van der Waals surface area (Å²) in [4.78, 5) is 23.0. The molecule has 0 unspecified atom stereocenters. The number of nitrogens with one attached hydrogen (secondary N) is 3. The molecule has 1 aromatic carbocycles. The van der Waals surface area contributed by atoms with E-state index in [4.69, 9.17) is 0 Å². The van der Waals surface area contributed by atoms with Gasteiger partial charge in [-0.05, 0) is 24.6 Å².